The third-order valence-corrected chi connectivity index (χ3v) is 6.50. The van der Waals surface area contributed by atoms with Gasteiger partial charge >= 0.3 is 0 Å². The molecule has 4 aromatic carbocycles. The second-order valence-corrected chi connectivity index (χ2v) is 8.78. The van der Waals surface area contributed by atoms with E-state index in [9.17, 15) is 4.79 Å². The van der Waals surface area contributed by atoms with Crippen LogP contribution in [0.15, 0.2) is 103 Å². The van der Waals surface area contributed by atoms with E-state index in [4.69, 9.17) is 9.72 Å². The van der Waals surface area contributed by atoms with Gasteiger partial charge in [-0.15, -0.1) is 0 Å². The maximum Gasteiger partial charge on any atom is 0.265 e. The molecule has 0 bridgehead atoms. The minimum Gasteiger partial charge on any atom is -0.378 e. The lowest BCUT2D eigenvalue weighted by Gasteiger charge is -2.29. The van der Waals surface area contributed by atoms with E-state index >= 15 is 0 Å². The van der Waals surface area contributed by atoms with E-state index in [1.165, 1.54) is 0 Å². The first-order chi connectivity index (χ1) is 17.8. The number of rotatable bonds is 5. The number of ether oxygens (including phenoxy) is 1. The number of aromatic nitrogens is 2. The van der Waals surface area contributed by atoms with Gasteiger partial charge in [-0.25, -0.2) is 9.88 Å². The van der Waals surface area contributed by atoms with E-state index < -0.39 is 0 Å². The van der Waals surface area contributed by atoms with Crippen LogP contribution in [-0.4, -0.2) is 42.2 Å². The van der Waals surface area contributed by atoms with E-state index in [1.807, 2.05) is 66.7 Å². The van der Waals surface area contributed by atoms with Crippen molar-refractivity contribution in [1.82, 2.24) is 9.97 Å². The van der Waals surface area contributed by atoms with E-state index in [2.05, 4.69) is 46.3 Å². The average molecular weight is 475 g/mol. The van der Waals surface area contributed by atoms with Gasteiger partial charge in [0.1, 0.15) is 0 Å². The standard InChI is InChI=1S/C30H26N4O2/c35-29(23-9-5-2-6-10-23)34(26-14-12-25(13-15-26)33-17-19-36-20-18-33)30-31-27-16-11-24(21-28(27)32-30)22-7-3-1-4-8-22/h1-16,21H,17-20H2,(H,31,32). The Morgan fingerprint density at radius 2 is 1.50 bits per heavy atom. The Kier molecular flexibility index (Phi) is 5.93. The van der Waals surface area contributed by atoms with Crippen LogP contribution >= 0.6 is 0 Å². The van der Waals surface area contributed by atoms with Crippen LogP contribution in [0.25, 0.3) is 22.2 Å². The second kappa shape index (κ2) is 9.68. The Hall–Kier alpha value is -4.42. The molecule has 1 N–H and O–H groups in total. The van der Waals surface area contributed by atoms with Crippen LogP contribution in [-0.2, 0) is 4.74 Å². The SMILES string of the molecule is O=C(c1ccccc1)N(c1ccc(N2CCOCC2)cc1)c1nc2ccc(-c3ccccc3)cc2[nH]1. The van der Waals surface area contributed by atoms with Crippen molar-refractivity contribution in [1.29, 1.82) is 0 Å². The molecule has 0 atom stereocenters. The Morgan fingerprint density at radius 3 is 2.22 bits per heavy atom. The molecule has 1 fully saturated rings. The van der Waals surface area contributed by atoms with Gasteiger partial charge in [0.15, 0.2) is 0 Å². The molecule has 1 aliphatic heterocycles. The zero-order chi connectivity index (χ0) is 24.3. The van der Waals surface area contributed by atoms with Crippen LogP contribution in [0.5, 0.6) is 0 Å². The maximum absolute atomic E-state index is 13.7. The number of morpholine rings is 1. The van der Waals surface area contributed by atoms with Crippen molar-refractivity contribution >= 4 is 34.3 Å². The normalized spacial score (nSPS) is 13.6. The van der Waals surface area contributed by atoms with Crippen molar-refractivity contribution in [3.8, 4) is 11.1 Å². The summed E-state index contributed by atoms with van der Waals surface area (Å²) >= 11 is 0. The van der Waals surface area contributed by atoms with Crippen LogP contribution < -0.4 is 9.80 Å². The van der Waals surface area contributed by atoms with Crippen LogP contribution in [0.3, 0.4) is 0 Å². The number of nitrogens with zero attached hydrogens (tertiary/aromatic N) is 3. The Labute approximate surface area is 209 Å². The zero-order valence-electron chi connectivity index (χ0n) is 19.8. The van der Waals surface area contributed by atoms with Gasteiger partial charge in [-0.1, -0.05) is 54.6 Å². The van der Waals surface area contributed by atoms with Gasteiger partial charge in [-0.05, 0) is 59.7 Å². The van der Waals surface area contributed by atoms with Crippen molar-refractivity contribution in [2.45, 2.75) is 0 Å². The van der Waals surface area contributed by atoms with Gasteiger partial charge in [0, 0.05) is 24.3 Å². The molecule has 6 rings (SSSR count). The number of carbonyl (C=O) groups excluding carboxylic acids is 1. The molecule has 1 saturated heterocycles. The van der Waals surface area contributed by atoms with Crippen molar-refractivity contribution in [3.05, 3.63) is 109 Å². The van der Waals surface area contributed by atoms with Gasteiger partial charge in [0.25, 0.3) is 5.91 Å². The number of hydrogen-bond donors (Lipinski definition) is 1. The lowest BCUT2D eigenvalue weighted by Crippen LogP contribution is -2.36. The number of H-pyrrole nitrogens is 1. The monoisotopic (exact) mass is 474 g/mol. The summed E-state index contributed by atoms with van der Waals surface area (Å²) in [5.41, 5.74) is 6.37. The number of benzene rings is 4. The smallest absolute Gasteiger partial charge is 0.265 e. The molecule has 5 aromatic rings. The Balaban J connectivity index is 1.40. The lowest BCUT2D eigenvalue weighted by atomic mass is 10.1. The molecular formula is C30H26N4O2. The number of imidazole rings is 1. The van der Waals surface area contributed by atoms with Crippen molar-refractivity contribution in [2.75, 3.05) is 36.1 Å². The van der Waals surface area contributed by atoms with Crippen molar-refractivity contribution < 1.29 is 9.53 Å². The van der Waals surface area contributed by atoms with Crippen LogP contribution in [0.2, 0.25) is 0 Å². The summed E-state index contributed by atoms with van der Waals surface area (Å²) in [4.78, 5) is 25.9. The molecule has 6 heteroatoms. The molecule has 1 aromatic heterocycles. The third-order valence-electron chi connectivity index (χ3n) is 6.50. The fourth-order valence-corrected chi connectivity index (χ4v) is 4.59. The third kappa shape index (κ3) is 4.34. The summed E-state index contributed by atoms with van der Waals surface area (Å²) in [6.07, 6.45) is 0. The number of carbonyl (C=O) groups is 1. The fraction of sp³-hybridized carbons (Fsp3) is 0.133. The van der Waals surface area contributed by atoms with Gasteiger partial charge in [0.2, 0.25) is 5.95 Å². The maximum atomic E-state index is 13.7. The number of anilines is 3. The molecule has 2 heterocycles. The van der Waals surface area contributed by atoms with Crippen LogP contribution in [0.1, 0.15) is 10.4 Å². The lowest BCUT2D eigenvalue weighted by molar-refractivity contribution is 0.0998. The second-order valence-electron chi connectivity index (χ2n) is 8.78. The van der Waals surface area contributed by atoms with Gasteiger partial charge in [-0.3, -0.25) is 4.79 Å². The molecule has 178 valence electrons. The quantitative estimate of drug-likeness (QED) is 0.337. The molecule has 0 radical (unpaired) electrons. The van der Waals surface area contributed by atoms with E-state index in [1.54, 1.807) is 4.90 Å². The molecule has 6 nitrogen and oxygen atoms in total. The molecule has 36 heavy (non-hydrogen) atoms. The summed E-state index contributed by atoms with van der Waals surface area (Å²) in [6.45, 7) is 3.17. The predicted octanol–water partition coefficient (Wildman–Crippen LogP) is 6.05. The minimum absolute atomic E-state index is 0.142. The highest BCUT2D eigenvalue weighted by Crippen LogP contribution is 2.31. The Bertz CT molecular complexity index is 1470. The molecule has 0 unspecified atom stereocenters. The highest BCUT2D eigenvalue weighted by Gasteiger charge is 2.23. The number of hydrogen-bond acceptors (Lipinski definition) is 4. The van der Waals surface area contributed by atoms with E-state index in [0.717, 1.165) is 59.8 Å². The van der Waals surface area contributed by atoms with E-state index in [-0.39, 0.29) is 5.91 Å². The minimum atomic E-state index is -0.142. The topological polar surface area (TPSA) is 61.5 Å². The molecule has 0 spiro atoms. The number of aromatic amines is 1. The molecule has 1 amide bonds. The molecular weight excluding hydrogens is 448 g/mol. The van der Waals surface area contributed by atoms with Gasteiger partial charge in [-0.2, -0.15) is 0 Å². The van der Waals surface area contributed by atoms with E-state index in [0.29, 0.717) is 11.5 Å². The highest BCUT2D eigenvalue weighted by atomic mass is 16.5. The first-order valence-corrected chi connectivity index (χ1v) is 12.1. The van der Waals surface area contributed by atoms with Gasteiger partial charge in [0.05, 0.1) is 29.9 Å². The highest BCUT2D eigenvalue weighted by molar-refractivity contribution is 6.10. The molecule has 1 aliphatic rings. The number of nitrogens with one attached hydrogen (secondary N) is 1. The first kappa shape index (κ1) is 22.1. The zero-order valence-corrected chi connectivity index (χ0v) is 19.8. The first-order valence-electron chi connectivity index (χ1n) is 12.1. The molecule has 0 aliphatic carbocycles. The summed E-state index contributed by atoms with van der Waals surface area (Å²) < 4.78 is 5.48. The Morgan fingerprint density at radius 1 is 0.806 bits per heavy atom. The summed E-state index contributed by atoms with van der Waals surface area (Å²) in [7, 11) is 0. The fourth-order valence-electron chi connectivity index (χ4n) is 4.59. The van der Waals surface area contributed by atoms with Crippen LogP contribution in [0, 0.1) is 0 Å². The van der Waals surface area contributed by atoms with Gasteiger partial charge < -0.3 is 14.6 Å². The summed E-state index contributed by atoms with van der Waals surface area (Å²) in [5.74, 6) is 0.347. The van der Waals surface area contributed by atoms with Crippen molar-refractivity contribution in [3.63, 3.8) is 0 Å². The number of amides is 1. The number of fused-ring (bicyclic) bond motifs is 1. The predicted molar refractivity (Wildman–Crippen MR) is 144 cm³/mol. The summed E-state index contributed by atoms with van der Waals surface area (Å²) in [5, 5.41) is 0. The largest absolute Gasteiger partial charge is 0.378 e. The van der Waals surface area contributed by atoms with Crippen LogP contribution in [0.4, 0.5) is 17.3 Å². The summed E-state index contributed by atoms with van der Waals surface area (Å²) in [6, 6.07) is 33.7. The molecule has 0 saturated carbocycles. The van der Waals surface area contributed by atoms with Crippen molar-refractivity contribution in [2.24, 2.45) is 0 Å². The average Bonchev–Trinajstić information content (AvgIpc) is 3.38.